The summed E-state index contributed by atoms with van der Waals surface area (Å²) in [7, 11) is 0. The molecule has 92 valence electrons. The van der Waals surface area contributed by atoms with Crippen molar-refractivity contribution < 1.29 is 4.79 Å². The second-order valence-electron chi connectivity index (χ2n) is 4.40. The number of hydrogen-bond donors (Lipinski definition) is 1. The van der Waals surface area contributed by atoms with Crippen molar-refractivity contribution in [3.05, 3.63) is 57.8 Å². The van der Waals surface area contributed by atoms with Crippen molar-refractivity contribution >= 4 is 21.8 Å². The summed E-state index contributed by atoms with van der Waals surface area (Å²) < 4.78 is 2.70. The van der Waals surface area contributed by atoms with Crippen LogP contribution in [-0.4, -0.2) is 17.0 Å². The maximum Gasteiger partial charge on any atom is 0.262 e. The molecule has 4 heteroatoms. The first-order valence-electron chi connectivity index (χ1n) is 5.96. The Kier molecular flexibility index (Phi) is 3.06. The number of rotatable bonds is 1. The molecule has 18 heavy (non-hydrogen) atoms. The molecule has 1 aliphatic heterocycles. The van der Waals surface area contributed by atoms with Crippen LogP contribution in [0.5, 0.6) is 0 Å². The molecule has 3 rings (SSSR count). The fourth-order valence-corrected chi connectivity index (χ4v) is 2.73. The Hall–Kier alpha value is -1.39. The maximum absolute atomic E-state index is 12.5. The SMILES string of the molecule is O=C(c1cccc(Br)c1)n1ccc2c1CCNC2. The number of aromatic nitrogens is 1. The lowest BCUT2D eigenvalue weighted by Crippen LogP contribution is -2.26. The molecule has 0 unspecified atom stereocenters. The molecular weight excluding hydrogens is 292 g/mol. The smallest absolute Gasteiger partial charge is 0.262 e. The summed E-state index contributed by atoms with van der Waals surface area (Å²) in [6.07, 6.45) is 2.78. The predicted octanol–water partition coefficient (Wildman–Crippen LogP) is 2.58. The van der Waals surface area contributed by atoms with Gasteiger partial charge < -0.3 is 5.32 Å². The number of halogens is 1. The molecule has 0 saturated carbocycles. The van der Waals surface area contributed by atoms with Crippen LogP contribution < -0.4 is 5.32 Å². The van der Waals surface area contributed by atoms with Gasteiger partial charge in [0, 0.05) is 41.4 Å². The highest BCUT2D eigenvalue weighted by Gasteiger charge is 2.18. The van der Waals surface area contributed by atoms with Crippen LogP contribution in [0.25, 0.3) is 0 Å². The lowest BCUT2D eigenvalue weighted by molar-refractivity contribution is 0.0956. The van der Waals surface area contributed by atoms with Gasteiger partial charge in [-0.05, 0) is 29.8 Å². The van der Waals surface area contributed by atoms with Crippen molar-refractivity contribution in [1.29, 1.82) is 0 Å². The van der Waals surface area contributed by atoms with Crippen LogP contribution in [0.3, 0.4) is 0 Å². The minimum atomic E-state index is 0.0412. The summed E-state index contributed by atoms with van der Waals surface area (Å²) in [5.41, 5.74) is 3.07. The second kappa shape index (κ2) is 4.71. The number of nitrogens with zero attached hydrogens (tertiary/aromatic N) is 1. The van der Waals surface area contributed by atoms with Gasteiger partial charge in [-0.3, -0.25) is 9.36 Å². The van der Waals surface area contributed by atoms with E-state index in [4.69, 9.17) is 0 Å². The summed E-state index contributed by atoms with van der Waals surface area (Å²) in [4.78, 5) is 12.5. The van der Waals surface area contributed by atoms with Gasteiger partial charge in [-0.15, -0.1) is 0 Å². The van der Waals surface area contributed by atoms with E-state index in [1.807, 2.05) is 36.5 Å². The minimum Gasteiger partial charge on any atom is -0.312 e. The first-order chi connectivity index (χ1) is 8.75. The molecule has 2 heterocycles. The molecule has 3 nitrogen and oxygen atoms in total. The molecule has 2 aromatic rings. The lowest BCUT2D eigenvalue weighted by atomic mass is 10.1. The molecule has 0 atom stereocenters. The van der Waals surface area contributed by atoms with E-state index in [2.05, 4.69) is 21.2 Å². The Balaban J connectivity index is 2.00. The van der Waals surface area contributed by atoms with Gasteiger partial charge in [-0.1, -0.05) is 22.0 Å². The van der Waals surface area contributed by atoms with E-state index in [9.17, 15) is 4.79 Å². The summed E-state index contributed by atoms with van der Waals surface area (Å²) in [6, 6.07) is 9.54. The van der Waals surface area contributed by atoms with Crippen molar-refractivity contribution in [2.45, 2.75) is 13.0 Å². The average molecular weight is 305 g/mol. The molecule has 1 N–H and O–H groups in total. The highest BCUT2D eigenvalue weighted by atomic mass is 79.9. The van der Waals surface area contributed by atoms with E-state index in [0.717, 1.165) is 29.7 Å². The predicted molar refractivity (Wildman–Crippen MR) is 73.7 cm³/mol. The number of fused-ring (bicyclic) bond motifs is 1. The van der Waals surface area contributed by atoms with Crippen molar-refractivity contribution in [2.24, 2.45) is 0 Å². The van der Waals surface area contributed by atoms with E-state index in [1.54, 1.807) is 4.57 Å². The van der Waals surface area contributed by atoms with E-state index >= 15 is 0 Å². The Morgan fingerprint density at radius 2 is 2.22 bits per heavy atom. The average Bonchev–Trinajstić information content (AvgIpc) is 2.82. The van der Waals surface area contributed by atoms with Crippen LogP contribution in [0.4, 0.5) is 0 Å². The molecule has 1 aromatic carbocycles. The lowest BCUT2D eigenvalue weighted by Gasteiger charge is -2.16. The van der Waals surface area contributed by atoms with Crippen LogP contribution in [0.15, 0.2) is 41.0 Å². The summed E-state index contributed by atoms with van der Waals surface area (Å²) in [5, 5.41) is 3.31. The van der Waals surface area contributed by atoms with Crippen LogP contribution in [0.2, 0.25) is 0 Å². The first kappa shape index (κ1) is 11.7. The van der Waals surface area contributed by atoms with Crippen LogP contribution in [-0.2, 0) is 13.0 Å². The van der Waals surface area contributed by atoms with Crippen molar-refractivity contribution in [2.75, 3.05) is 6.54 Å². The third kappa shape index (κ3) is 2.02. The zero-order valence-electron chi connectivity index (χ0n) is 9.82. The maximum atomic E-state index is 12.5. The number of nitrogens with one attached hydrogen (secondary N) is 1. The van der Waals surface area contributed by atoms with Crippen LogP contribution in [0.1, 0.15) is 21.6 Å². The number of benzene rings is 1. The Labute approximate surface area is 114 Å². The van der Waals surface area contributed by atoms with Gasteiger partial charge in [0.1, 0.15) is 0 Å². The fraction of sp³-hybridized carbons (Fsp3) is 0.214. The van der Waals surface area contributed by atoms with Gasteiger partial charge in [0.15, 0.2) is 0 Å². The number of carbonyl (C=O) groups excluding carboxylic acids is 1. The Bertz CT molecular complexity index is 604. The van der Waals surface area contributed by atoms with E-state index in [1.165, 1.54) is 5.56 Å². The number of hydrogen-bond acceptors (Lipinski definition) is 2. The summed E-state index contributed by atoms with van der Waals surface area (Å²) in [5.74, 6) is 0.0412. The minimum absolute atomic E-state index is 0.0412. The largest absolute Gasteiger partial charge is 0.312 e. The van der Waals surface area contributed by atoms with Crippen molar-refractivity contribution in [3.63, 3.8) is 0 Å². The normalized spacial score (nSPS) is 14.3. The standard InChI is InChI=1S/C14H13BrN2O/c15-12-3-1-2-10(8-12)14(18)17-7-5-11-9-16-6-4-13(11)17/h1-3,5,7-8,16H,4,6,9H2. The zero-order chi connectivity index (χ0) is 12.5. The molecule has 0 radical (unpaired) electrons. The molecule has 0 bridgehead atoms. The fourth-order valence-electron chi connectivity index (χ4n) is 2.33. The first-order valence-corrected chi connectivity index (χ1v) is 6.75. The molecular formula is C14H13BrN2O. The molecule has 0 spiro atoms. The van der Waals surface area contributed by atoms with E-state index < -0.39 is 0 Å². The molecule has 1 aromatic heterocycles. The highest BCUT2D eigenvalue weighted by Crippen LogP contribution is 2.18. The topological polar surface area (TPSA) is 34.0 Å². The third-order valence-electron chi connectivity index (χ3n) is 3.23. The van der Waals surface area contributed by atoms with Gasteiger partial charge in [0.05, 0.1) is 0 Å². The van der Waals surface area contributed by atoms with Crippen molar-refractivity contribution in [3.8, 4) is 0 Å². The zero-order valence-corrected chi connectivity index (χ0v) is 11.4. The van der Waals surface area contributed by atoms with Crippen LogP contribution >= 0.6 is 15.9 Å². The Morgan fingerprint density at radius 1 is 1.33 bits per heavy atom. The molecule has 0 saturated heterocycles. The number of carbonyl (C=O) groups is 1. The molecule has 0 fully saturated rings. The third-order valence-corrected chi connectivity index (χ3v) is 3.72. The molecule has 1 aliphatic rings. The second-order valence-corrected chi connectivity index (χ2v) is 5.32. The quantitative estimate of drug-likeness (QED) is 0.878. The van der Waals surface area contributed by atoms with E-state index in [0.29, 0.717) is 5.56 Å². The van der Waals surface area contributed by atoms with E-state index in [-0.39, 0.29) is 5.91 Å². The van der Waals surface area contributed by atoms with Gasteiger partial charge in [-0.25, -0.2) is 0 Å². The summed E-state index contributed by atoms with van der Waals surface area (Å²) >= 11 is 3.40. The van der Waals surface area contributed by atoms with Crippen molar-refractivity contribution in [1.82, 2.24) is 9.88 Å². The molecule has 0 amide bonds. The van der Waals surface area contributed by atoms with Gasteiger partial charge in [0.25, 0.3) is 5.91 Å². The monoisotopic (exact) mass is 304 g/mol. The van der Waals surface area contributed by atoms with Gasteiger partial charge >= 0.3 is 0 Å². The van der Waals surface area contributed by atoms with Crippen LogP contribution in [0, 0.1) is 0 Å². The highest BCUT2D eigenvalue weighted by molar-refractivity contribution is 9.10. The van der Waals surface area contributed by atoms with Gasteiger partial charge in [-0.2, -0.15) is 0 Å². The Morgan fingerprint density at radius 3 is 3.06 bits per heavy atom. The molecule has 0 aliphatic carbocycles. The van der Waals surface area contributed by atoms with Gasteiger partial charge in [0.2, 0.25) is 0 Å². The summed E-state index contributed by atoms with van der Waals surface area (Å²) in [6.45, 7) is 1.79.